The summed E-state index contributed by atoms with van der Waals surface area (Å²) in [7, 11) is 0. The molecule has 2 fully saturated rings. The van der Waals surface area contributed by atoms with Gasteiger partial charge in [0.05, 0.1) is 11.1 Å². The van der Waals surface area contributed by atoms with Crippen LogP contribution in [-0.2, 0) is 0 Å². The maximum absolute atomic E-state index is 12.4. The number of carboxylic acid groups (broad SMARTS) is 1. The van der Waals surface area contributed by atoms with Crippen LogP contribution in [0.4, 0.5) is 0 Å². The summed E-state index contributed by atoms with van der Waals surface area (Å²) in [5.74, 6) is 2.74. The second-order valence-electron chi connectivity index (χ2n) is 8.42. The Kier molecular flexibility index (Phi) is 5.44. The van der Waals surface area contributed by atoms with Crippen molar-refractivity contribution in [2.75, 3.05) is 0 Å². The molecule has 2 aromatic carbocycles. The first-order valence-corrected chi connectivity index (χ1v) is 10.7. The van der Waals surface area contributed by atoms with Gasteiger partial charge < -0.3 is 9.84 Å². The lowest BCUT2D eigenvalue weighted by Gasteiger charge is -2.29. The molecule has 0 spiro atoms. The van der Waals surface area contributed by atoms with Crippen LogP contribution in [-0.4, -0.2) is 17.0 Å². The molecule has 29 heavy (non-hydrogen) atoms. The van der Waals surface area contributed by atoms with Crippen LogP contribution in [0.25, 0.3) is 0 Å². The number of carbonyl (C=O) groups excluding carboxylic acids is 1. The van der Waals surface area contributed by atoms with E-state index in [0.717, 1.165) is 23.7 Å². The fraction of sp³-hybridized carbons (Fsp3) is 0.440. The van der Waals surface area contributed by atoms with E-state index in [2.05, 4.69) is 26.0 Å². The molecule has 0 saturated heterocycles. The minimum Gasteiger partial charge on any atom is -0.478 e. The Bertz CT molecular complexity index is 883. The van der Waals surface area contributed by atoms with E-state index in [1.165, 1.54) is 43.4 Å². The second-order valence-corrected chi connectivity index (χ2v) is 8.42. The van der Waals surface area contributed by atoms with E-state index >= 15 is 0 Å². The molecule has 2 bridgehead atoms. The quantitative estimate of drug-likeness (QED) is 0.500. The van der Waals surface area contributed by atoms with E-state index in [4.69, 9.17) is 9.84 Å². The third-order valence-corrected chi connectivity index (χ3v) is 7.17. The van der Waals surface area contributed by atoms with E-state index in [0.29, 0.717) is 11.7 Å². The van der Waals surface area contributed by atoms with Crippen LogP contribution in [0.3, 0.4) is 0 Å². The van der Waals surface area contributed by atoms with Gasteiger partial charge in [-0.2, -0.15) is 0 Å². The smallest absolute Gasteiger partial charge is 0.343 e. The van der Waals surface area contributed by atoms with Gasteiger partial charge >= 0.3 is 11.9 Å². The number of rotatable bonds is 6. The molecule has 0 aromatic heterocycles. The van der Waals surface area contributed by atoms with Gasteiger partial charge in [-0.25, -0.2) is 9.59 Å². The van der Waals surface area contributed by atoms with Gasteiger partial charge in [-0.15, -0.1) is 0 Å². The third-order valence-electron chi connectivity index (χ3n) is 7.17. The van der Waals surface area contributed by atoms with E-state index in [1.807, 2.05) is 12.1 Å². The Labute approximate surface area is 171 Å². The number of hydrogen-bond donors (Lipinski definition) is 1. The van der Waals surface area contributed by atoms with Crippen LogP contribution in [0.5, 0.6) is 5.75 Å². The summed E-state index contributed by atoms with van der Waals surface area (Å²) in [6, 6.07) is 13.9. The monoisotopic (exact) mass is 392 g/mol. The largest absolute Gasteiger partial charge is 0.478 e. The molecule has 2 aliphatic carbocycles. The highest BCUT2D eigenvalue weighted by Crippen LogP contribution is 2.62. The number of hydrogen-bond acceptors (Lipinski definition) is 3. The summed E-state index contributed by atoms with van der Waals surface area (Å²) in [5.41, 5.74) is 1.67. The molecular formula is C25H28O4. The van der Waals surface area contributed by atoms with Crippen LogP contribution in [0.15, 0.2) is 48.5 Å². The number of fused-ring (bicyclic) bond motifs is 2. The van der Waals surface area contributed by atoms with Gasteiger partial charge in [0.2, 0.25) is 0 Å². The standard InChI is InChI=1S/C25H28O4/c1-3-19-20(4-2)22-13-12-21(19)23(22)15-8-10-18(11-9-15)29-25(28)17-7-5-6-16(14-17)24(26)27/h5-11,14,19-23H,3-4,12-13H2,1-2H3,(H,26,27). The van der Waals surface area contributed by atoms with Gasteiger partial charge in [0.25, 0.3) is 0 Å². The Balaban J connectivity index is 1.48. The van der Waals surface area contributed by atoms with Crippen LogP contribution in [0.2, 0.25) is 0 Å². The highest BCUT2D eigenvalue weighted by atomic mass is 16.5. The van der Waals surface area contributed by atoms with Crippen molar-refractivity contribution in [3.05, 3.63) is 65.2 Å². The molecule has 0 amide bonds. The maximum Gasteiger partial charge on any atom is 0.343 e. The number of aromatic carboxylic acids is 1. The predicted octanol–water partition coefficient (Wildman–Crippen LogP) is 5.78. The van der Waals surface area contributed by atoms with Crippen molar-refractivity contribution in [2.45, 2.75) is 45.4 Å². The summed E-state index contributed by atoms with van der Waals surface area (Å²) >= 11 is 0. The lowest BCUT2D eigenvalue weighted by Crippen LogP contribution is -2.20. The topological polar surface area (TPSA) is 63.6 Å². The SMILES string of the molecule is CCC1C(CC)C2CCC1C2c1ccc(OC(=O)c2cccc(C(=O)O)c2)cc1. The Morgan fingerprint density at radius 2 is 1.52 bits per heavy atom. The van der Waals surface area contributed by atoms with Crippen LogP contribution >= 0.6 is 0 Å². The van der Waals surface area contributed by atoms with Crippen molar-refractivity contribution in [1.82, 2.24) is 0 Å². The molecule has 2 aromatic rings. The number of esters is 1. The van der Waals surface area contributed by atoms with Crippen molar-refractivity contribution in [3.63, 3.8) is 0 Å². The molecular weight excluding hydrogens is 364 g/mol. The zero-order valence-electron chi connectivity index (χ0n) is 17.0. The average molecular weight is 392 g/mol. The normalized spacial score (nSPS) is 27.7. The molecule has 0 heterocycles. The molecule has 0 radical (unpaired) electrons. The maximum atomic E-state index is 12.4. The van der Waals surface area contributed by atoms with Gasteiger partial charge in [0.1, 0.15) is 5.75 Å². The van der Waals surface area contributed by atoms with Crippen LogP contribution in [0, 0.1) is 23.7 Å². The lowest BCUT2D eigenvalue weighted by molar-refractivity contribution is 0.0697. The molecule has 4 unspecified atom stereocenters. The Hall–Kier alpha value is -2.62. The summed E-state index contributed by atoms with van der Waals surface area (Å²) in [6.07, 6.45) is 5.20. The van der Waals surface area contributed by atoms with Crippen molar-refractivity contribution in [2.24, 2.45) is 23.7 Å². The second kappa shape index (κ2) is 8.02. The number of carbonyl (C=O) groups is 2. The molecule has 1 N–H and O–H groups in total. The van der Waals surface area contributed by atoms with Crippen LogP contribution in [0.1, 0.15) is 71.7 Å². The van der Waals surface area contributed by atoms with Gasteiger partial charge in [0.15, 0.2) is 0 Å². The van der Waals surface area contributed by atoms with Crippen LogP contribution < -0.4 is 4.74 Å². The number of ether oxygens (including phenoxy) is 1. The summed E-state index contributed by atoms with van der Waals surface area (Å²) in [5, 5.41) is 9.08. The predicted molar refractivity (Wildman–Crippen MR) is 111 cm³/mol. The van der Waals surface area contributed by atoms with Crippen molar-refractivity contribution in [3.8, 4) is 5.75 Å². The van der Waals surface area contributed by atoms with Gasteiger partial charge in [-0.05, 0) is 78.3 Å². The summed E-state index contributed by atoms with van der Waals surface area (Å²) in [6.45, 7) is 4.65. The van der Waals surface area contributed by atoms with E-state index in [-0.39, 0.29) is 11.1 Å². The Morgan fingerprint density at radius 1 is 0.931 bits per heavy atom. The van der Waals surface area contributed by atoms with Gasteiger partial charge in [-0.3, -0.25) is 0 Å². The van der Waals surface area contributed by atoms with Crippen molar-refractivity contribution < 1.29 is 19.4 Å². The fourth-order valence-corrected chi connectivity index (χ4v) is 6.07. The highest BCUT2D eigenvalue weighted by Gasteiger charge is 2.52. The molecule has 2 saturated carbocycles. The van der Waals surface area contributed by atoms with Crippen molar-refractivity contribution >= 4 is 11.9 Å². The van der Waals surface area contributed by atoms with E-state index in [9.17, 15) is 9.59 Å². The summed E-state index contributed by atoms with van der Waals surface area (Å²) < 4.78 is 5.47. The fourth-order valence-electron chi connectivity index (χ4n) is 6.07. The summed E-state index contributed by atoms with van der Waals surface area (Å²) in [4.78, 5) is 23.5. The van der Waals surface area contributed by atoms with E-state index in [1.54, 1.807) is 12.1 Å². The first kappa shape index (κ1) is 19.7. The zero-order chi connectivity index (χ0) is 20.5. The van der Waals surface area contributed by atoms with Crippen molar-refractivity contribution in [1.29, 1.82) is 0 Å². The first-order chi connectivity index (χ1) is 14.0. The lowest BCUT2D eigenvalue weighted by atomic mass is 9.77. The molecule has 4 heteroatoms. The van der Waals surface area contributed by atoms with Gasteiger partial charge in [0, 0.05) is 0 Å². The molecule has 2 aliphatic rings. The minimum atomic E-state index is -1.06. The third kappa shape index (κ3) is 3.57. The molecule has 152 valence electrons. The zero-order valence-corrected chi connectivity index (χ0v) is 17.0. The number of carboxylic acids is 1. The highest BCUT2D eigenvalue weighted by molar-refractivity contribution is 5.95. The molecule has 4 rings (SSSR count). The molecule has 4 nitrogen and oxygen atoms in total. The average Bonchev–Trinajstić information content (AvgIpc) is 3.30. The first-order valence-electron chi connectivity index (χ1n) is 10.7. The number of benzene rings is 2. The molecule has 4 atom stereocenters. The molecule has 0 aliphatic heterocycles. The Morgan fingerprint density at radius 3 is 2.07 bits per heavy atom. The van der Waals surface area contributed by atoms with E-state index < -0.39 is 11.9 Å². The van der Waals surface area contributed by atoms with Gasteiger partial charge in [-0.1, -0.05) is 44.9 Å². The minimum absolute atomic E-state index is 0.0717.